The second-order valence-electron chi connectivity index (χ2n) is 6.86. The molecule has 0 aliphatic carbocycles. The highest BCUT2D eigenvalue weighted by Gasteiger charge is 2.37. The van der Waals surface area contributed by atoms with E-state index < -0.39 is 11.9 Å². The van der Waals surface area contributed by atoms with Gasteiger partial charge >= 0.3 is 5.97 Å². The topological polar surface area (TPSA) is 86.7 Å². The highest BCUT2D eigenvalue weighted by Crippen LogP contribution is 2.29. The Bertz CT molecular complexity index is 879. The Kier molecular flexibility index (Phi) is 5.26. The summed E-state index contributed by atoms with van der Waals surface area (Å²) in [7, 11) is 0. The van der Waals surface area contributed by atoms with Crippen molar-refractivity contribution < 1.29 is 19.5 Å². The minimum absolute atomic E-state index is 0.0540. The summed E-state index contributed by atoms with van der Waals surface area (Å²) in [6.45, 7) is 4.00. The van der Waals surface area contributed by atoms with E-state index in [0.29, 0.717) is 17.8 Å². The summed E-state index contributed by atoms with van der Waals surface area (Å²) in [5, 5.41) is 12.0. The van der Waals surface area contributed by atoms with E-state index in [4.69, 9.17) is 0 Å². The molecule has 2 N–H and O–H groups in total. The monoisotopic (exact) mass is 366 g/mol. The number of carboxylic acid groups (broad SMARTS) is 1. The number of hydrogen-bond acceptors (Lipinski definition) is 3. The number of nitrogens with one attached hydrogen (secondary N) is 1. The Hall–Kier alpha value is -3.15. The molecule has 0 radical (unpaired) electrons. The summed E-state index contributed by atoms with van der Waals surface area (Å²) < 4.78 is 0. The lowest BCUT2D eigenvalue weighted by atomic mass is 10.1. The molecule has 1 fully saturated rings. The largest absolute Gasteiger partial charge is 0.478 e. The fourth-order valence-electron chi connectivity index (χ4n) is 3.37. The van der Waals surface area contributed by atoms with Gasteiger partial charge in [0.05, 0.1) is 17.5 Å². The number of likely N-dealkylation sites (tertiary alicyclic amines) is 1. The molecule has 6 heteroatoms. The van der Waals surface area contributed by atoms with Gasteiger partial charge < -0.3 is 15.3 Å². The zero-order chi connectivity index (χ0) is 19.6. The average molecular weight is 366 g/mol. The zero-order valence-electron chi connectivity index (χ0n) is 15.3. The summed E-state index contributed by atoms with van der Waals surface area (Å²) in [6.07, 6.45) is 0.153. The van der Waals surface area contributed by atoms with Crippen molar-refractivity contribution in [2.45, 2.75) is 26.3 Å². The molecule has 0 unspecified atom stereocenters. The summed E-state index contributed by atoms with van der Waals surface area (Å²) in [4.78, 5) is 38.0. The van der Waals surface area contributed by atoms with Crippen molar-refractivity contribution in [3.8, 4) is 0 Å². The maximum Gasteiger partial charge on any atom is 0.336 e. The number of aromatic carboxylic acids is 1. The number of carboxylic acids is 1. The molecule has 27 heavy (non-hydrogen) atoms. The molecular formula is C21H22N2O4. The molecule has 3 rings (SSSR count). The normalized spacial score (nSPS) is 17.6. The second kappa shape index (κ2) is 7.61. The maximum absolute atomic E-state index is 12.6. The van der Waals surface area contributed by atoms with E-state index in [1.807, 2.05) is 37.3 Å². The summed E-state index contributed by atoms with van der Waals surface area (Å²) in [6, 6.07) is 14.4. The molecule has 0 saturated carbocycles. The van der Waals surface area contributed by atoms with E-state index >= 15 is 0 Å². The highest BCUT2D eigenvalue weighted by molar-refractivity contribution is 5.98. The molecule has 0 bridgehead atoms. The number of rotatable bonds is 5. The average Bonchev–Trinajstić information content (AvgIpc) is 3.05. The fourth-order valence-corrected chi connectivity index (χ4v) is 3.37. The lowest BCUT2D eigenvalue weighted by Crippen LogP contribution is -2.30. The Labute approximate surface area is 157 Å². The van der Waals surface area contributed by atoms with E-state index in [1.165, 1.54) is 6.07 Å². The first-order valence-electron chi connectivity index (χ1n) is 8.86. The van der Waals surface area contributed by atoms with Crippen molar-refractivity contribution >= 4 is 23.5 Å². The minimum Gasteiger partial charge on any atom is -0.478 e. The van der Waals surface area contributed by atoms with E-state index in [1.54, 1.807) is 24.0 Å². The van der Waals surface area contributed by atoms with Gasteiger partial charge in [0.25, 0.3) is 0 Å². The molecule has 2 aromatic rings. The van der Waals surface area contributed by atoms with Crippen LogP contribution in [0.15, 0.2) is 48.5 Å². The van der Waals surface area contributed by atoms with Gasteiger partial charge in [-0.05, 0) is 37.1 Å². The van der Waals surface area contributed by atoms with Crippen molar-refractivity contribution in [1.29, 1.82) is 0 Å². The summed E-state index contributed by atoms with van der Waals surface area (Å²) >= 11 is 0. The molecule has 0 aromatic heterocycles. The molecule has 1 aliphatic heterocycles. The van der Waals surface area contributed by atoms with Crippen LogP contribution in [0.25, 0.3) is 0 Å². The standard InChI is InChI=1S/C21H22N2O4/c1-13-8-9-17(11-18(13)21(26)27)22-20(25)16-10-19(24)23(12-16)14(2)15-6-4-3-5-7-15/h3-9,11,14,16H,10,12H2,1-2H3,(H,22,25)(H,26,27)/t14-,16-/m1/s1. The number of carbonyl (C=O) groups is 3. The summed E-state index contributed by atoms with van der Waals surface area (Å²) in [5.41, 5.74) is 2.22. The van der Waals surface area contributed by atoms with Crippen LogP contribution in [-0.2, 0) is 9.59 Å². The predicted molar refractivity (Wildman–Crippen MR) is 101 cm³/mol. The van der Waals surface area contributed by atoms with Crippen LogP contribution in [0.5, 0.6) is 0 Å². The zero-order valence-corrected chi connectivity index (χ0v) is 15.3. The van der Waals surface area contributed by atoms with Gasteiger partial charge in [-0.3, -0.25) is 9.59 Å². The Morgan fingerprint density at radius 1 is 1.19 bits per heavy atom. The minimum atomic E-state index is -1.04. The van der Waals surface area contributed by atoms with E-state index in [-0.39, 0.29) is 29.8 Å². The molecule has 2 aromatic carbocycles. The van der Waals surface area contributed by atoms with Crippen LogP contribution in [0.2, 0.25) is 0 Å². The number of anilines is 1. The van der Waals surface area contributed by atoms with Crippen molar-refractivity contribution in [3.05, 3.63) is 65.2 Å². The number of aryl methyl sites for hydroxylation is 1. The second-order valence-corrected chi connectivity index (χ2v) is 6.86. The first kappa shape index (κ1) is 18.6. The summed E-state index contributed by atoms with van der Waals surface area (Å²) in [5.74, 6) is -1.83. The van der Waals surface area contributed by atoms with Gasteiger partial charge in [0.15, 0.2) is 0 Å². The van der Waals surface area contributed by atoms with Gasteiger partial charge in [0.1, 0.15) is 0 Å². The quantitative estimate of drug-likeness (QED) is 0.850. The van der Waals surface area contributed by atoms with Crippen LogP contribution < -0.4 is 5.32 Å². The Morgan fingerprint density at radius 2 is 1.89 bits per heavy atom. The number of hydrogen-bond donors (Lipinski definition) is 2. The number of amides is 2. The molecule has 0 spiro atoms. The molecule has 1 aliphatic rings. The molecular weight excluding hydrogens is 344 g/mol. The third-order valence-electron chi connectivity index (χ3n) is 5.01. The van der Waals surface area contributed by atoms with Gasteiger partial charge in [-0.1, -0.05) is 36.4 Å². The molecule has 2 amide bonds. The molecule has 1 saturated heterocycles. The van der Waals surface area contributed by atoms with Gasteiger partial charge in [-0.2, -0.15) is 0 Å². The first-order valence-corrected chi connectivity index (χ1v) is 8.86. The third kappa shape index (κ3) is 4.00. The molecule has 2 atom stereocenters. The van der Waals surface area contributed by atoms with E-state index in [0.717, 1.165) is 5.56 Å². The van der Waals surface area contributed by atoms with Crippen molar-refractivity contribution in [1.82, 2.24) is 4.90 Å². The van der Waals surface area contributed by atoms with Gasteiger partial charge in [0, 0.05) is 18.7 Å². The lowest BCUT2D eigenvalue weighted by molar-refractivity contribution is -0.129. The number of nitrogens with zero attached hydrogens (tertiary/aromatic N) is 1. The molecule has 1 heterocycles. The van der Waals surface area contributed by atoms with Crippen LogP contribution in [0.3, 0.4) is 0 Å². The van der Waals surface area contributed by atoms with Gasteiger partial charge in [-0.25, -0.2) is 4.79 Å². The smallest absolute Gasteiger partial charge is 0.336 e. The maximum atomic E-state index is 12.6. The van der Waals surface area contributed by atoms with Crippen molar-refractivity contribution in [2.75, 3.05) is 11.9 Å². The molecule has 140 valence electrons. The third-order valence-corrected chi connectivity index (χ3v) is 5.01. The Balaban J connectivity index is 1.69. The van der Waals surface area contributed by atoms with Crippen LogP contribution in [0.1, 0.15) is 40.9 Å². The van der Waals surface area contributed by atoms with Crippen LogP contribution in [-0.4, -0.2) is 34.3 Å². The van der Waals surface area contributed by atoms with E-state index in [9.17, 15) is 19.5 Å². The van der Waals surface area contributed by atoms with Gasteiger partial charge in [-0.15, -0.1) is 0 Å². The van der Waals surface area contributed by atoms with Crippen molar-refractivity contribution in [2.24, 2.45) is 5.92 Å². The SMILES string of the molecule is Cc1ccc(NC(=O)[C@@H]2CC(=O)N([C@H](C)c3ccccc3)C2)cc1C(=O)O. The number of carbonyl (C=O) groups excluding carboxylic acids is 2. The molecule has 6 nitrogen and oxygen atoms in total. The van der Waals surface area contributed by atoms with Crippen LogP contribution in [0.4, 0.5) is 5.69 Å². The number of benzene rings is 2. The van der Waals surface area contributed by atoms with Crippen LogP contribution in [0, 0.1) is 12.8 Å². The van der Waals surface area contributed by atoms with Gasteiger partial charge in [0.2, 0.25) is 11.8 Å². The van der Waals surface area contributed by atoms with Crippen LogP contribution >= 0.6 is 0 Å². The predicted octanol–water partition coefficient (Wildman–Crippen LogP) is 3.24. The fraction of sp³-hybridized carbons (Fsp3) is 0.286. The van der Waals surface area contributed by atoms with E-state index in [2.05, 4.69) is 5.32 Å². The van der Waals surface area contributed by atoms with Crippen molar-refractivity contribution in [3.63, 3.8) is 0 Å². The Morgan fingerprint density at radius 3 is 2.56 bits per heavy atom. The highest BCUT2D eigenvalue weighted by atomic mass is 16.4. The lowest BCUT2D eigenvalue weighted by Gasteiger charge is -2.25. The first-order chi connectivity index (χ1) is 12.9.